The summed E-state index contributed by atoms with van der Waals surface area (Å²) in [5.74, 6) is -3.08. The standard InChI is InChI=1S/C24H20ClF4N4OP/c1-11(13-5-15(26)8-16(27)6-13)32-23-20(25)12(2)31-19-9-17(28)21(33-22(19)23)14-7-18(29)24(30-10-14)35(3,4)34/h5-11H,1-4H3,(H,31,32). The number of aromatic nitrogens is 3. The second kappa shape index (κ2) is 9.21. The molecule has 0 radical (unpaired) electrons. The van der Waals surface area contributed by atoms with Crippen LogP contribution >= 0.6 is 18.7 Å². The van der Waals surface area contributed by atoms with E-state index in [1.807, 2.05) is 0 Å². The fourth-order valence-corrected chi connectivity index (χ4v) is 4.78. The third kappa shape index (κ3) is 5.02. The molecule has 0 bridgehead atoms. The number of pyridine rings is 3. The molecule has 3 aromatic heterocycles. The van der Waals surface area contributed by atoms with Gasteiger partial charge >= 0.3 is 0 Å². The summed E-state index contributed by atoms with van der Waals surface area (Å²) in [6.45, 7) is 6.05. The van der Waals surface area contributed by atoms with Crippen LogP contribution in [0, 0.1) is 30.2 Å². The molecule has 35 heavy (non-hydrogen) atoms. The summed E-state index contributed by atoms with van der Waals surface area (Å²) in [6, 6.07) is 4.67. The predicted octanol–water partition coefficient (Wildman–Crippen LogP) is 6.63. The Morgan fingerprint density at radius 3 is 2.23 bits per heavy atom. The Bertz CT molecular complexity index is 1510. The Balaban J connectivity index is 1.86. The van der Waals surface area contributed by atoms with Crippen LogP contribution in [-0.2, 0) is 4.57 Å². The number of aryl methyl sites for hydroxylation is 1. The van der Waals surface area contributed by atoms with Crippen molar-refractivity contribution >= 4 is 40.9 Å². The summed E-state index contributed by atoms with van der Waals surface area (Å²) < 4.78 is 69.3. The van der Waals surface area contributed by atoms with Crippen LogP contribution in [0.4, 0.5) is 23.2 Å². The average molecular weight is 523 g/mol. The summed E-state index contributed by atoms with van der Waals surface area (Å²) in [7, 11) is -2.98. The van der Waals surface area contributed by atoms with Crippen LogP contribution in [-0.4, -0.2) is 28.3 Å². The fourth-order valence-electron chi connectivity index (χ4n) is 3.68. The topological polar surface area (TPSA) is 67.8 Å². The van der Waals surface area contributed by atoms with Crippen LogP contribution in [0.5, 0.6) is 0 Å². The first-order valence-electron chi connectivity index (χ1n) is 10.5. The zero-order valence-electron chi connectivity index (χ0n) is 19.1. The molecule has 4 rings (SSSR count). The van der Waals surface area contributed by atoms with Crippen LogP contribution < -0.4 is 10.8 Å². The number of anilines is 1. The first kappa shape index (κ1) is 25.1. The fraction of sp³-hybridized carbons (Fsp3) is 0.208. The summed E-state index contributed by atoms with van der Waals surface area (Å²) in [4.78, 5) is 12.6. The molecule has 5 nitrogen and oxygen atoms in total. The quantitative estimate of drug-likeness (QED) is 0.235. The van der Waals surface area contributed by atoms with Gasteiger partial charge in [-0.2, -0.15) is 0 Å². The molecular weight excluding hydrogens is 503 g/mol. The van der Waals surface area contributed by atoms with Crippen molar-refractivity contribution in [1.82, 2.24) is 15.0 Å². The molecule has 11 heteroatoms. The molecular formula is C24H20ClF4N4OP. The molecule has 182 valence electrons. The van der Waals surface area contributed by atoms with Gasteiger partial charge in [-0.05, 0) is 50.9 Å². The highest BCUT2D eigenvalue weighted by atomic mass is 35.5. The van der Waals surface area contributed by atoms with Crippen molar-refractivity contribution in [3.8, 4) is 11.3 Å². The maximum atomic E-state index is 15.0. The molecule has 0 aliphatic heterocycles. The van der Waals surface area contributed by atoms with E-state index in [4.69, 9.17) is 11.6 Å². The number of hydrogen-bond donors (Lipinski definition) is 1. The highest BCUT2D eigenvalue weighted by molar-refractivity contribution is 7.69. The third-order valence-electron chi connectivity index (χ3n) is 5.37. The van der Waals surface area contributed by atoms with Crippen LogP contribution in [0.25, 0.3) is 22.3 Å². The minimum absolute atomic E-state index is 0.0296. The normalized spacial score (nSPS) is 12.7. The third-order valence-corrected chi connectivity index (χ3v) is 7.18. The summed E-state index contributed by atoms with van der Waals surface area (Å²) in [6.07, 6.45) is 1.20. The van der Waals surface area contributed by atoms with Gasteiger partial charge in [0.1, 0.15) is 35.4 Å². The number of fused-ring (bicyclic) bond motifs is 1. The second-order valence-corrected chi connectivity index (χ2v) is 12.0. The molecule has 0 spiro atoms. The maximum Gasteiger partial charge on any atom is 0.153 e. The van der Waals surface area contributed by atoms with E-state index in [0.29, 0.717) is 11.3 Å². The second-order valence-electron chi connectivity index (χ2n) is 8.52. The van der Waals surface area contributed by atoms with Gasteiger partial charge in [0.2, 0.25) is 0 Å². The molecule has 0 aliphatic carbocycles. The van der Waals surface area contributed by atoms with Crippen LogP contribution in [0.3, 0.4) is 0 Å². The van der Waals surface area contributed by atoms with E-state index in [-0.39, 0.29) is 38.4 Å². The molecule has 0 amide bonds. The van der Waals surface area contributed by atoms with Gasteiger partial charge in [-0.1, -0.05) is 11.6 Å². The van der Waals surface area contributed by atoms with Gasteiger partial charge in [0, 0.05) is 29.9 Å². The lowest BCUT2D eigenvalue weighted by molar-refractivity contribution is 0.577. The zero-order valence-corrected chi connectivity index (χ0v) is 20.8. The number of rotatable bonds is 5. The van der Waals surface area contributed by atoms with Gasteiger partial charge in [0.05, 0.1) is 21.9 Å². The molecule has 0 saturated heterocycles. The Morgan fingerprint density at radius 1 is 0.971 bits per heavy atom. The van der Waals surface area contributed by atoms with Gasteiger partial charge in [-0.25, -0.2) is 32.5 Å². The van der Waals surface area contributed by atoms with Crippen molar-refractivity contribution in [1.29, 1.82) is 0 Å². The molecule has 0 fully saturated rings. The Kier molecular flexibility index (Phi) is 6.60. The van der Waals surface area contributed by atoms with Crippen molar-refractivity contribution in [2.45, 2.75) is 19.9 Å². The van der Waals surface area contributed by atoms with E-state index in [1.165, 1.54) is 31.7 Å². The van der Waals surface area contributed by atoms with Crippen LogP contribution in [0.2, 0.25) is 5.02 Å². The zero-order chi connectivity index (χ0) is 25.7. The van der Waals surface area contributed by atoms with E-state index in [1.54, 1.807) is 13.8 Å². The Hall–Kier alpha value is -3.03. The van der Waals surface area contributed by atoms with Crippen molar-refractivity contribution in [2.75, 3.05) is 18.6 Å². The van der Waals surface area contributed by atoms with Crippen LogP contribution in [0.1, 0.15) is 24.2 Å². The van der Waals surface area contributed by atoms with Gasteiger partial charge in [0.25, 0.3) is 0 Å². The van der Waals surface area contributed by atoms with Gasteiger partial charge in [-0.3, -0.25) is 0 Å². The minimum atomic E-state index is -2.98. The first-order chi connectivity index (χ1) is 16.3. The average Bonchev–Trinajstić information content (AvgIpc) is 2.75. The summed E-state index contributed by atoms with van der Waals surface area (Å²) in [5, 5.41) is 3.27. The number of halogens is 5. The molecule has 1 aromatic carbocycles. The number of hydrogen-bond acceptors (Lipinski definition) is 5. The lowest BCUT2D eigenvalue weighted by Crippen LogP contribution is -2.13. The van der Waals surface area contributed by atoms with Gasteiger partial charge in [0.15, 0.2) is 11.6 Å². The molecule has 4 aromatic rings. The molecule has 3 heterocycles. The van der Waals surface area contributed by atoms with E-state index in [2.05, 4.69) is 20.3 Å². The number of benzene rings is 1. The van der Waals surface area contributed by atoms with Crippen molar-refractivity contribution < 1.29 is 22.1 Å². The molecule has 0 aliphatic rings. The molecule has 1 N–H and O–H groups in total. The lowest BCUT2D eigenvalue weighted by atomic mass is 10.1. The van der Waals surface area contributed by atoms with Crippen molar-refractivity contribution in [2.24, 2.45) is 0 Å². The number of nitrogens with one attached hydrogen (secondary N) is 1. The monoisotopic (exact) mass is 522 g/mol. The van der Waals surface area contributed by atoms with Gasteiger partial charge in [-0.15, -0.1) is 0 Å². The van der Waals surface area contributed by atoms with Crippen molar-refractivity contribution in [3.63, 3.8) is 0 Å². The molecule has 0 saturated carbocycles. The maximum absolute atomic E-state index is 15.0. The van der Waals surface area contributed by atoms with Crippen molar-refractivity contribution in [3.05, 3.63) is 76.1 Å². The smallest absolute Gasteiger partial charge is 0.153 e. The van der Waals surface area contributed by atoms with Gasteiger partial charge < -0.3 is 9.88 Å². The SMILES string of the molecule is Cc1nc2cc(F)c(-c3cnc(P(C)(C)=O)c(F)c3)nc2c(NC(C)c2cc(F)cc(F)c2)c1Cl. The Labute approximate surface area is 204 Å². The van der Waals surface area contributed by atoms with E-state index in [0.717, 1.165) is 18.2 Å². The largest absolute Gasteiger partial charge is 0.375 e. The highest BCUT2D eigenvalue weighted by Gasteiger charge is 2.22. The minimum Gasteiger partial charge on any atom is -0.375 e. The molecule has 1 unspecified atom stereocenters. The Morgan fingerprint density at radius 2 is 1.63 bits per heavy atom. The molecule has 1 atom stereocenters. The summed E-state index contributed by atoms with van der Waals surface area (Å²) >= 11 is 6.49. The highest BCUT2D eigenvalue weighted by Crippen LogP contribution is 2.38. The predicted molar refractivity (Wildman–Crippen MR) is 130 cm³/mol. The lowest BCUT2D eigenvalue weighted by Gasteiger charge is -2.19. The van der Waals surface area contributed by atoms with E-state index < -0.39 is 36.5 Å². The summed E-state index contributed by atoms with van der Waals surface area (Å²) in [5.41, 5.74) is 0.923. The van der Waals surface area contributed by atoms with E-state index >= 15 is 4.39 Å². The number of nitrogens with zero attached hydrogens (tertiary/aromatic N) is 3. The van der Waals surface area contributed by atoms with Crippen LogP contribution in [0.15, 0.2) is 36.5 Å². The first-order valence-corrected chi connectivity index (χ1v) is 13.4. The van der Waals surface area contributed by atoms with E-state index in [9.17, 15) is 17.7 Å².